The van der Waals surface area contributed by atoms with Crippen molar-refractivity contribution in [1.29, 1.82) is 0 Å². The largest absolute Gasteiger partial charge is 0.389 e. The van der Waals surface area contributed by atoms with Gasteiger partial charge in [0.05, 0.1) is 27.9 Å². The number of nitrogens with two attached hydrogens (primary N) is 1. The normalized spacial score (nSPS) is 11.9. The first kappa shape index (κ1) is 19.0. The van der Waals surface area contributed by atoms with Crippen LogP contribution in [0.2, 0.25) is 0 Å². The quantitative estimate of drug-likeness (QED) is 0.367. The summed E-state index contributed by atoms with van der Waals surface area (Å²) in [5.41, 5.74) is 11.7. The molecule has 3 rings (SSSR count). The highest BCUT2D eigenvalue weighted by Gasteiger charge is 2.13. The van der Waals surface area contributed by atoms with Crippen LogP contribution in [-0.2, 0) is 11.3 Å². The number of nitrogens with one attached hydrogen (secondary N) is 1. The van der Waals surface area contributed by atoms with Crippen LogP contribution in [0, 0.1) is 6.92 Å². The van der Waals surface area contributed by atoms with Gasteiger partial charge in [0.1, 0.15) is 5.00 Å². The van der Waals surface area contributed by atoms with Crippen LogP contribution in [0.5, 0.6) is 0 Å². The number of fused-ring (bicyclic) bond motifs is 1. The third-order valence-electron chi connectivity index (χ3n) is 4.17. The van der Waals surface area contributed by atoms with Gasteiger partial charge in [-0.2, -0.15) is 9.47 Å². The van der Waals surface area contributed by atoms with Gasteiger partial charge < -0.3 is 10.5 Å². The van der Waals surface area contributed by atoms with E-state index < -0.39 is 0 Å². The summed E-state index contributed by atoms with van der Waals surface area (Å²) in [6.45, 7) is 4.75. The number of para-hydroxylation sites is 1. The Morgan fingerprint density at radius 2 is 2.19 bits per heavy atom. The van der Waals surface area contributed by atoms with Gasteiger partial charge in [-0.3, -0.25) is 9.36 Å². The molecule has 0 saturated carbocycles. The number of aryl methyl sites for hydroxylation is 1. The summed E-state index contributed by atoms with van der Waals surface area (Å²) < 4.78 is 10.9. The maximum Gasteiger partial charge on any atom is 0.262 e. The van der Waals surface area contributed by atoms with Gasteiger partial charge in [0, 0.05) is 20.3 Å². The number of hydrazone groups is 1. The average molecular weight is 386 g/mol. The molecule has 3 aromatic rings. The maximum atomic E-state index is 12.9. The molecule has 0 bridgehead atoms. The van der Waals surface area contributed by atoms with Crippen molar-refractivity contribution in [2.45, 2.75) is 26.8 Å². The Balaban J connectivity index is 2.00. The van der Waals surface area contributed by atoms with Gasteiger partial charge >= 0.3 is 0 Å². The first-order valence-electron chi connectivity index (χ1n) is 8.54. The minimum absolute atomic E-state index is 0.111. The van der Waals surface area contributed by atoms with Gasteiger partial charge in [-0.15, -0.1) is 0 Å². The van der Waals surface area contributed by atoms with Crippen LogP contribution in [0.25, 0.3) is 10.9 Å². The highest BCUT2D eigenvalue weighted by molar-refractivity contribution is 7.10. The van der Waals surface area contributed by atoms with Crippen molar-refractivity contribution in [2.75, 3.05) is 24.9 Å². The van der Waals surface area contributed by atoms with Gasteiger partial charge in [-0.1, -0.05) is 12.1 Å². The molecule has 0 aliphatic carbocycles. The number of hydrogen-bond donors (Lipinski definition) is 2. The molecule has 3 N–H and O–H groups in total. The number of rotatable bonds is 7. The number of benzene rings is 1. The number of ether oxygens (including phenoxy) is 1. The second-order valence-corrected chi connectivity index (χ2v) is 6.88. The van der Waals surface area contributed by atoms with Gasteiger partial charge in [-0.25, -0.2) is 10.4 Å². The third kappa shape index (κ3) is 3.99. The molecule has 0 aliphatic heterocycles. The van der Waals surface area contributed by atoms with Crippen molar-refractivity contribution in [3.63, 3.8) is 0 Å². The Morgan fingerprint density at radius 1 is 1.41 bits per heavy atom. The number of hydrogen-bond acceptors (Lipinski definition) is 8. The molecule has 27 heavy (non-hydrogen) atoms. The smallest absolute Gasteiger partial charge is 0.262 e. The lowest BCUT2D eigenvalue weighted by molar-refractivity contribution is 0.190. The lowest BCUT2D eigenvalue weighted by Gasteiger charge is -2.13. The number of anilines is 2. The van der Waals surface area contributed by atoms with E-state index in [1.54, 1.807) is 17.7 Å². The van der Waals surface area contributed by atoms with E-state index in [0.717, 1.165) is 11.3 Å². The van der Waals surface area contributed by atoms with Crippen LogP contribution in [0.3, 0.4) is 0 Å². The molecule has 0 saturated heterocycles. The molecule has 2 heterocycles. The molecule has 0 fully saturated rings. The fraction of sp³-hybridized carbons (Fsp3) is 0.333. The molecular formula is C18H22N6O2S. The van der Waals surface area contributed by atoms with Crippen molar-refractivity contribution < 1.29 is 4.74 Å². The van der Waals surface area contributed by atoms with E-state index in [1.165, 1.54) is 11.5 Å². The predicted octanol–water partition coefficient (Wildman–Crippen LogP) is 2.62. The molecule has 0 aliphatic rings. The lowest BCUT2D eigenvalue weighted by atomic mass is 10.2. The van der Waals surface area contributed by atoms with E-state index in [2.05, 4.69) is 19.9 Å². The zero-order chi connectivity index (χ0) is 19.4. The summed E-state index contributed by atoms with van der Waals surface area (Å²) >= 11 is 1.24. The molecule has 0 amide bonds. The van der Waals surface area contributed by atoms with Crippen LogP contribution in [0.1, 0.15) is 24.6 Å². The maximum absolute atomic E-state index is 12.9. The topological polar surface area (TPSA) is 107 Å². The second kappa shape index (κ2) is 8.28. The van der Waals surface area contributed by atoms with E-state index >= 15 is 0 Å². The lowest BCUT2D eigenvalue weighted by Crippen LogP contribution is -2.25. The van der Waals surface area contributed by atoms with Crippen LogP contribution < -0.4 is 16.7 Å². The van der Waals surface area contributed by atoms with E-state index in [9.17, 15) is 4.79 Å². The Bertz CT molecular complexity index is 1020. The van der Waals surface area contributed by atoms with Crippen molar-refractivity contribution >= 4 is 39.1 Å². The van der Waals surface area contributed by atoms with Gasteiger partial charge in [0.2, 0.25) is 5.95 Å². The zero-order valence-corrected chi connectivity index (χ0v) is 16.3. The number of nitrogen functional groups attached to an aromatic ring is 1. The molecular weight excluding hydrogens is 364 g/mol. The Hall–Kier alpha value is -2.78. The van der Waals surface area contributed by atoms with Crippen molar-refractivity contribution in [3.05, 3.63) is 45.9 Å². The fourth-order valence-corrected chi connectivity index (χ4v) is 3.56. The predicted molar refractivity (Wildman–Crippen MR) is 110 cm³/mol. The summed E-state index contributed by atoms with van der Waals surface area (Å²) in [5, 5.41) is 5.58. The van der Waals surface area contributed by atoms with Gasteiger partial charge in [0.25, 0.3) is 5.56 Å². The summed E-state index contributed by atoms with van der Waals surface area (Å²) in [6, 6.07) is 7.26. The van der Waals surface area contributed by atoms with E-state index in [1.807, 2.05) is 32.0 Å². The van der Waals surface area contributed by atoms with Gasteiger partial charge in [-0.05, 0) is 43.9 Å². The highest BCUT2D eigenvalue weighted by Crippen LogP contribution is 2.21. The highest BCUT2D eigenvalue weighted by atomic mass is 32.1. The van der Waals surface area contributed by atoms with Crippen LogP contribution >= 0.6 is 11.5 Å². The summed E-state index contributed by atoms with van der Waals surface area (Å²) in [6.07, 6.45) is 0.689. The molecule has 0 atom stereocenters. The summed E-state index contributed by atoms with van der Waals surface area (Å²) in [7, 11) is 1.63. The third-order valence-corrected chi connectivity index (χ3v) is 4.93. The number of aromatic nitrogens is 3. The average Bonchev–Trinajstić information content (AvgIpc) is 3.00. The van der Waals surface area contributed by atoms with Crippen LogP contribution in [0.4, 0.5) is 10.9 Å². The molecule has 8 nitrogen and oxygen atoms in total. The van der Waals surface area contributed by atoms with Crippen molar-refractivity contribution in [1.82, 2.24) is 13.9 Å². The van der Waals surface area contributed by atoms with Crippen LogP contribution in [-0.4, -0.2) is 33.4 Å². The summed E-state index contributed by atoms with van der Waals surface area (Å²) in [4.78, 5) is 17.5. The van der Waals surface area contributed by atoms with Crippen LogP contribution in [0.15, 0.2) is 34.2 Å². The SMILES string of the molecule is COCCCn1c(N/N=C(/C)c2c(C)nsc2N)nc2ccccc2c1=O. The van der Waals surface area contributed by atoms with Crippen molar-refractivity contribution in [3.8, 4) is 0 Å². The minimum Gasteiger partial charge on any atom is -0.389 e. The molecule has 2 aromatic heterocycles. The molecule has 0 radical (unpaired) electrons. The number of methoxy groups -OCH3 is 1. The Morgan fingerprint density at radius 3 is 2.89 bits per heavy atom. The van der Waals surface area contributed by atoms with Gasteiger partial charge in [0.15, 0.2) is 0 Å². The Labute approximate surface area is 160 Å². The zero-order valence-electron chi connectivity index (χ0n) is 15.5. The van der Waals surface area contributed by atoms with E-state index in [-0.39, 0.29) is 5.56 Å². The summed E-state index contributed by atoms with van der Waals surface area (Å²) in [5.74, 6) is 0.383. The monoisotopic (exact) mass is 386 g/mol. The molecule has 1 aromatic carbocycles. The first-order valence-corrected chi connectivity index (χ1v) is 9.31. The van der Waals surface area contributed by atoms with Crippen molar-refractivity contribution in [2.24, 2.45) is 5.10 Å². The Kier molecular flexibility index (Phi) is 5.82. The van der Waals surface area contributed by atoms with E-state index in [4.69, 9.17) is 10.5 Å². The molecule has 0 spiro atoms. The second-order valence-electron chi connectivity index (χ2n) is 6.07. The number of nitrogens with zero attached hydrogens (tertiary/aromatic N) is 4. The van der Waals surface area contributed by atoms with E-state index in [0.29, 0.717) is 47.1 Å². The fourth-order valence-electron chi connectivity index (χ4n) is 2.84. The standard InChI is InChI=1S/C18H22N6O2S/c1-11(15-12(2)23-27-16(15)19)21-22-18-20-14-8-5-4-7-13(14)17(25)24(18)9-6-10-26-3/h4-5,7-8H,6,9-10,19H2,1-3H3,(H,20,22)/b21-11-. The molecule has 142 valence electrons. The molecule has 0 unspecified atom stereocenters. The molecule has 9 heteroatoms. The first-order chi connectivity index (χ1) is 13.0. The minimum atomic E-state index is -0.111.